The van der Waals surface area contributed by atoms with Gasteiger partial charge in [-0.25, -0.2) is 31.5 Å². The van der Waals surface area contributed by atoms with E-state index < -0.39 is 98.8 Å². The van der Waals surface area contributed by atoms with Crippen molar-refractivity contribution in [3.63, 3.8) is 0 Å². The van der Waals surface area contributed by atoms with Gasteiger partial charge in [0.2, 0.25) is 6.54 Å². The third kappa shape index (κ3) is 14.8. The molecule has 2 saturated heterocycles. The molecule has 93 heavy (non-hydrogen) atoms. The Kier molecular flexibility index (Phi) is 21.2. The summed E-state index contributed by atoms with van der Waals surface area (Å²) in [6, 6.07) is 36.0. The van der Waals surface area contributed by atoms with E-state index in [1.807, 2.05) is 122 Å². The highest BCUT2D eigenvalue weighted by Gasteiger charge is 2.57. The quantitative estimate of drug-likeness (QED) is 0.0168. The zero-order chi connectivity index (χ0) is 66.7. The second-order valence-corrected chi connectivity index (χ2v) is 39.0. The molecule has 494 valence electrons. The standard InChI is InChI=1S/C65H81N9O14P2SSi2/c1-42-49-33-35-73(58(49)69-39-67-42)61-55(54(87-92(11,12)63(2,3)4)50(83-61)37-80-65(44-23-19-16-20-24-44,45-25-29-47(78-9)30-26-45)46-27-31-48(79-10)32-28-46)86-90(91,81-36-34-66-8)82-38-51-53(85-89(76)77)56(88-93(13,14)64(5,6)7)62(84-51)74-41-71-52-57(68-40-70-59(52)74)72-60(75)43-21-17-15-18-22-43/h15-33,35,39-41,50-51,53-56,61-62,89H,34,36-38H2,1-7,9-14H3,(H,76,77)(H,68,70,72,75)/t50-,51-,53-,54-,55-,56-,61-,62-,90?/m1/s1. The Morgan fingerprint density at radius 3 is 1.83 bits per heavy atom. The largest absolute Gasteiger partial charge is 0.497 e. The lowest BCUT2D eigenvalue weighted by atomic mass is 9.80. The van der Waals surface area contributed by atoms with Crippen molar-refractivity contribution >= 4 is 77.3 Å². The molecule has 8 aromatic rings. The maximum Gasteiger partial charge on any atom is 0.328 e. The lowest BCUT2D eigenvalue weighted by molar-refractivity contribution is -0.0929. The van der Waals surface area contributed by atoms with Crippen LogP contribution in [0.4, 0.5) is 5.82 Å². The van der Waals surface area contributed by atoms with Crippen molar-refractivity contribution in [2.45, 2.75) is 139 Å². The van der Waals surface area contributed by atoms with Gasteiger partial charge in [0.15, 0.2) is 46.1 Å². The van der Waals surface area contributed by atoms with Crippen molar-refractivity contribution in [2.24, 2.45) is 0 Å². The average molecular weight is 1360 g/mol. The van der Waals surface area contributed by atoms with E-state index >= 15 is 0 Å². The van der Waals surface area contributed by atoms with Crippen LogP contribution >= 0.6 is 15.0 Å². The smallest absolute Gasteiger partial charge is 0.328 e. The van der Waals surface area contributed by atoms with Crippen molar-refractivity contribution in [1.82, 2.24) is 34.1 Å². The SMILES string of the molecule is [C-]#[N+]CCOP(=S)(OC[C@H]1O[C@@H](n2cnc3c(NC(=O)c4ccccc4)ncnc32)[C@H](O[Si](C)(C)C(C)(C)C)[C@@H]1O[PH](=O)O)O[C@@H]1[C@H](O[Si](C)(C)C(C)(C)C)[C@@H](COC(c2ccccc2)(c2ccc(OC)cc2)c2ccc(OC)cc2)O[C@H]1n1ccc2c(C)ncnc21. The van der Waals surface area contributed by atoms with Gasteiger partial charge < -0.3 is 65.7 Å². The van der Waals surface area contributed by atoms with Crippen LogP contribution in [0.3, 0.4) is 0 Å². The second-order valence-electron chi connectivity index (χ2n) is 25.8. The first-order valence-corrected chi connectivity index (χ1v) is 40.1. The molecule has 10 rings (SSSR count). The summed E-state index contributed by atoms with van der Waals surface area (Å²) < 4.78 is 91.6. The van der Waals surface area contributed by atoms with Gasteiger partial charge in [-0.3, -0.25) is 18.5 Å². The number of aryl methyl sites for hydroxylation is 1. The van der Waals surface area contributed by atoms with Gasteiger partial charge in [0.1, 0.15) is 78.6 Å². The number of amides is 1. The highest BCUT2D eigenvalue weighted by molar-refractivity contribution is 8.07. The Bertz CT molecular complexity index is 3960. The number of carbonyl (C=O) groups is 1. The molecule has 2 fully saturated rings. The second kappa shape index (κ2) is 28.5. The van der Waals surface area contributed by atoms with E-state index in [0.717, 1.165) is 27.8 Å². The highest BCUT2D eigenvalue weighted by Crippen LogP contribution is 2.57. The van der Waals surface area contributed by atoms with E-state index in [1.165, 1.54) is 19.0 Å². The number of hydrogen-bond acceptors (Lipinski definition) is 19. The number of anilines is 1. The summed E-state index contributed by atoms with van der Waals surface area (Å²) in [5.74, 6) is 1.03. The Hall–Kier alpha value is -6.48. The van der Waals surface area contributed by atoms with Crippen molar-refractivity contribution in [3.05, 3.63) is 180 Å². The van der Waals surface area contributed by atoms with Gasteiger partial charge in [-0.2, -0.15) is 0 Å². The summed E-state index contributed by atoms with van der Waals surface area (Å²) in [4.78, 5) is 50.8. The van der Waals surface area contributed by atoms with Gasteiger partial charge in [0.25, 0.3) is 5.91 Å². The van der Waals surface area contributed by atoms with Crippen molar-refractivity contribution in [3.8, 4) is 11.5 Å². The number of carbonyl (C=O) groups excluding carboxylic acids is 1. The van der Waals surface area contributed by atoms with Crippen LogP contribution in [0.1, 0.15) is 86.7 Å². The topological polar surface area (TPSA) is 247 Å². The van der Waals surface area contributed by atoms with Gasteiger partial charge in [-0.1, -0.05) is 114 Å². The molecule has 2 aliphatic rings. The summed E-state index contributed by atoms with van der Waals surface area (Å²) in [6.07, 6.45) is -2.76. The minimum Gasteiger partial charge on any atom is -0.497 e. The first-order valence-electron chi connectivity index (χ1n) is 30.5. The van der Waals surface area contributed by atoms with E-state index in [2.05, 4.69) is 84.7 Å². The summed E-state index contributed by atoms with van der Waals surface area (Å²) in [5, 5.41) is 2.88. The van der Waals surface area contributed by atoms with E-state index in [4.69, 9.17) is 74.0 Å². The number of hydrogen-bond donors (Lipinski definition) is 2. The minimum atomic E-state index is -4.20. The number of nitrogens with one attached hydrogen (secondary N) is 1. The molecule has 0 radical (unpaired) electrons. The predicted molar refractivity (Wildman–Crippen MR) is 361 cm³/mol. The molecule has 10 atom stereocenters. The molecule has 2 N–H and O–H groups in total. The van der Waals surface area contributed by atoms with Crippen LogP contribution in [-0.4, -0.2) is 139 Å². The molecular weight excluding hydrogens is 1280 g/mol. The molecule has 4 aromatic heterocycles. The first-order chi connectivity index (χ1) is 44.2. The molecule has 0 spiro atoms. The van der Waals surface area contributed by atoms with Gasteiger partial charge >= 0.3 is 15.0 Å². The summed E-state index contributed by atoms with van der Waals surface area (Å²) in [7, 11) is -6.19. The van der Waals surface area contributed by atoms with Crippen molar-refractivity contribution in [2.75, 3.05) is 45.9 Å². The number of imidazole rings is 1. The van der Waals surface area contributed by atoms with Crippen LogP contribution in [0, 0.1) is 13.5 Å². The number of fused-ring (bicyclic) bond motifs is 2. The molecule has 23 nitrogen and oxygen atoms in total. The van der Waals surface area contributed by atoms with E-state index in [9.17, 15) is 14.3 Å². The molecular formula is C65H81N9O14P2SSi2. The summed E-state index contributed by atoms with van der Waals surface area (Å²) in [5.41, 5.74) is 3.26. The van der Waals surface area contributed by atoms with Crippen LogP contribution in [0.5, 0.6) is 11.5 Å². The minimum absolute atomic E-state index is 0.0980. The third-order valence-corrected chi connectivity index (χ3v) is 29.7. The fourth-order valence-electron chi connectivity index (χ4n) is 10.9. The molecule has 0 aliphatic carbocycles. The maximum atomic E-state index is 13.5. The number of methoxy groups -OCH3 is 2. The fraction of sp³-hybridized carbons (Fsp3) is 0.431. The molecule has 0 bridgehead atoms. The van der Waals surface area contributed by atoms with E-state index in [-0.39, 0.29) is 46.8 Å². The van der Waals surface area contributed by atoms with Crippen LogP contribution in [0.2, 0.25) is 36.3 Å². The molecule has 4 aromatic carbocycles. The third-order valence-electron chi connectivity index (χ3n) is 17.9. The molecule has 0 saturated carbocycles. The molecule has 2 aliphatic heterocycles. The molecule has 28 heteroatoms. The van der Waals surface area contributed by atoms with Crippen LogP contribution in [-0.2, 0) is 63.1 Å². The Morgan fingerprint density at radius 2 is 1.25 bits per heavy atom. The fourth-order valence-corrected chi connectivity index (χ4v) is 16.1. The van der Waals surface area contributed by atoms with Gasteiger partial charge in [-0.15, -0.1) is 0 Å². The number of aromatic nitrogens is 7. The van der Waals surface area contributed by atoms with Gasteiger partial charge in [0.05, 0.1) is 39.5 Å². The Morgan fingerprint density at radius 1 is 0.699 bits per heavy atom. The molecule has 1 amide bonds. The first kappa shape index (κ1) is 69.4. The lowest BCUT2D eigenvalue weighted by Crippen LogP contribution is -2.51. The molecule has 6 heterocycles. The Labute approximate surface area is 550 Å². The van der Waals surface area contributed by atoms with E-state index in [0.29, 0.717) is 22.7 Å². The van der Waals surface area contributed by atoms with Crippen LogP contribution in [0.25, 0.3) is 27.0 Å². The zero-order valence-electron chi connectivity index (χ0n) is 54.4. The zero-order valence-corrected chi connectivity index (χ0v) is 59.1. The summed E-state index contributed by atoms with van der Waals surface area (Å²) >= 11 is 6.56. The van der Waals surface area contributed by atoms with Crippen LogP contribution < -0.4 is 14.8 Å². The van der Waals surface area contributed by atoms with Crippen molar-refractivity contribution < 1.29 is 64.9 Å². The van der Waals surface area contributed by atoms with E-state index in [1.54, 1.807) is 43.1 Å². The summed E-state index contributed by atoms with van der Waals surface area (Å²) in [6.45, 7) is 25.6. The maximum absolute atomic E-state index is 13.5. The van der Waals surface area contributed by atoms with Gasteiger partial charge in [-0.05, 0) is 114 Å². The number of nitrogens with zero attached hydrogens (tertiary/aromatic N) is 8. The van der Waals surface area contributed by atoms with Crippen LogP contribution in [0.15, 0.2) is 140 Å². The average Bonchev–Trinajstić information content (AvgIpc) is 1.76. The van der Waals surface area contributed by atoms with Gasteiger partial charge in [0, 0.05) is 17.1 Å². The molecule has 2 unspecified atom stereocenters. The lowest BCUT2D eigenvalue weighted by Gasteiger charge is -2.42. The van der Waals surface area contributed by atoms with Crippen molar-refractivity contribution in [1.29, 1.82) is 0 Å². The Balaban J connectivity index is 1.07. The normalized spacial score (nSPS) is 21.6. The number of ether oxygens (including phenoxy) is 5. The monoisotopic (exact) mass is 1360 g/mol. The number of benzene rings is 4. The number of rotatable bonds is 26. The highest BCUT2D eigenvalue weighted by atomic mass is 32.5. The predicted octanol–water partition coefficient (Wildman–Crippen LogP) is 12.8.